The Hall–Kier alpha value is -3.00. The van der Waals surface area contributed by atoms with Crippen molar-refractivity contribution < 1.29 is 9.47 Å². The summed E-state index contributed by atoms with van der Waals surface area (Å²) in [6, 6.07) is 21.3. The van der Waals surface area contributed by atoms with Crippen molar-refractivity contribution in [3.63, 3.8) is 0 Å². The van der Waals surface area contributed by atoms with Crippen LogP contribution >= 0.6 is 0 Å². The van der Waals surface area contributed by atoms with Gasteiger partial charge in [-0.3, -0.25) is 4.98 Å². The van der Waals surface area contributed by atoms with E-state index in [0.717, 1.165) is 58.5 Å². The maximum atomic E-state index is 6.09. The topological polar surface area (TPSA) is 61.2 Å². The zero-order valence-corrected chi connectivity index (χ0v) is 20.8. The number of fused-ring (bicyclic) bond motifs is 1. The lowest BCUT2D eigenvalue weighted by Gasteiger charge is -2.16. The first kappa shape index (κ1) is 23.2. The van der Waals surface area contributed by atoms with Gasteiger partial charge in [-0.15, -0.1) is 0 Å². The lowest BCUT2D eigenvalue weighted by molar-refractivity contribution is 0.0798. The lowest BCUT2D eigenvalue weighted by Crippen LogP contribution is -2.22. The smallest absolute Gasteiger partial charge is 0.139 e. The summed E-state index contributed by atoms with van der Waals surface area (Å²) >= 11 is 0. The summed E-state index contributed by atoms with van der Waals surface area (Å²) in [4.78, 5) is 4.67. The second-order valence-corrected chi connectivity index (χ2v) is 15.0. The van der Waals surface area contributed by atoms with Gasteiger partial charge in [0.15, 0.2) is 0 Å². The fourth-order valence-electron chi connectivity index (χ4n) is 3.53. The lowest BCUT2D eigenvalue weighted by atomic mass is 10.1. The van der Waals surface area contributed by atoms with Crippen LogP contribution in [-0.2, 0) is 18.0 Å². The van der Waals surface area contributed by atoms with Crippen LogP contribution in [0.3, 0.4) is 0 Å². The molecule has 0 aliphatic heterocycles. The van der Waals surface area contributed by atoms with Crippen LogP contribution in [0.25, 0.3) is 22.2 Å². The first-order valence-electron chi connectivity index (χ1n) is 11.3. The Morgan fingerprint density at radius 2 is 1.73 bits per heavy atom. The molecule has 0 saturated carbocycles. The summed E-state index contributed by atoms with van der Waals surface area (Å²) in [6.45, 7) is 9.07. The van der Waals surface area contributed by atoms with Crippen molar-refractivity contribution in [1.29, 1.82) is 0 Å². The molecule has 0 aliphatic carbocycles. The van der Waals surface area contributed by atoms with Crippen LogP contribution in [0.15, 0.2) is 66.9 Å². The number of hydrogen-bond donors (Lipinski definition) is 1. The molecule has 2 aromatic heterocycles. The van der Waals surface area contributed by atoms with Gasteiger partial charge in [0.25, 0.3) is 0 Å². The van der Waals surface area contributed by atoms with E-state index in [2.05, 4.69) is 53.2 Å². The molecule has 172 valence electrons. The molecule has 1 N–H and O–H groups in total. The molecule has 2 heterocycles. The molecule has 0 radical (unpaired) electrons. The van der Waals surface area contributed by atoms with E-state index in [9.17, 15) is 0 Å². The Labute approximate surface area is 196 Å². The van der Waals surface area contributed by atoms with Gasteiger partial charge in [0.05, 0.1) is 16.9 Å². The summed E-state index contributed by atoms with van der Waals surface area (Å²) in [5.41, 5.74) is 4.10. The first-order valence-corrected chi connectivity index (χ1v) is 15.0. The van der Waals surface area contributed by atoms with E-state index in [1.807, 2.05) is 60.4 Å². The largest absolute Gasteiger partial charge is 0.457 e. The standard InChI is InChI=1S/C26H32N4O2Si/c1-27-18-22-8-5-21-17-24(11-12-25(21)29-22)32-23-9-6-20(7-10-23)26-13-14-28-30(26)19-31-15-16-33(2,3)4/h5-14,17,27H,15-16,18-19H2,1-4H3. The van der Waals surface area contributed by atoms with Gasteiger partial charge in [0.2, 0.25) is 0 Å². The van der Waals surface area contributed by atoms with Gasteiger partial charge in [-0.2, -0.15) is 5.10 Å². The fourth-order valence-corrected chi connectivity index (χ4v) is 4.29. The average molecular weight is 461 g/mol. The van der Waals surface area contributed by atoms with Gasteiger partial charge in [0.1, 0.15) is 18.2 Å². The van der Waals surface area contributed by atoms with Crippen LogP contribution < -0.4 is 10.1 Å². The molecule has 0 atom stereocenters. The van der Waals surface area contributed by atoms with E-state index in [0.29, 0.717) is 6.73 Å². The number of hydrogen-bond acceptors (Lipinski definition) is 5. The monoisotopic (exact) mass is 460 g/mol. The first-order chi connectivity index (χ1) is 15.9. The molecule has 0 amide bonds. The van der Waals surface area contributed by atoms with Gasteiger partial charge in [-0.25, -0.2) is 4.68 Å². The molecule has 2 aromatic carbocycles. The maximum absolute atomic E-state index is 6.09. The number of benzene rings is 2. The highest BCUT2D eigenvalue weighted by Crippen LogP contribution is 2.28. The third-order valence-electron chi connectivity index (χ3n) is 5.39. The highest BCUT2D eigenvalue weighted by Gasteiger charge is 2.13. The van der Waals surface area contributed by atoms with Gasteiger partial charge in [-0.1, -0.05) is 25.7 Å². The summed E-state index contributed by atoms with van der Waals surface area (Å²) in [7, 11) is 0.830. The van der Waals surface area contributed by atoms with Crippen molar-refractivity contribution in [2.75, 3.05) is 13.7 Å². The molecular formula is C26H32N4O2Si. The summed E-state index contributed by atoms with van der Waals surface area (Å²) in [6.07, 6.45) is 1.81. The number of pyridine rings is 1. The second kappa shape index (κ2) is 10.3. The van der Waals surface area contributed by atoms with E-state index in [1.54, 1.807) is 0 Å². The van der Waals surface area contributed by atoms with E-state index in [-0.39, 0.29) is 0 Å². The molecule has 6 nitrogen and oxygen atoms in total. The molecule has 0 unspecified atom stereocenters. The predicted molar refractivity (Wildman–Crippen MR) is 136 cm³/mol. The van der Waals surface area contributed by atoms with Gasteiger partial charge >= 0.3 is 0 Å². The van der Waals surface area contributed by atoms with Crippen LogP contribution in [0.5, 0.6) is 11.5 Å². The Balaban J connectivity index is 1.41. The predicted octanol–water partition coefficient (Wildman–Crippen LogP) is 5.92. The van der Waals surface area contributed by atoms with Crippen LogP contribution in [0.2, 0.25) is 25.7 Å². The molecule has 0 bridgehead atoms. The Morgan fingerprint density at radius 1 is 0.939 bits per heavy atom. The van der Waals surface area contributed by atoms with Crippen molar-refractivity contribution in [1.82, 2.24) is 20.1 Å². The molecule has 7 heteroatoms. The molecule has 4 aromatic rings. The van der Waals surface area contributed by atoms with Crippen molar-refractivity contribution in [3.05, 3.63) is 72.6 Å². The Morgan fingerprint density at radius 3 is 2.48 bits per heavy atom. The third-order valence-corrected chi connectivity index (χ3v) is 7.09. The molecule has 4 rings (SSSR count). The zero-order valence-electron chi connectivity index (χ0n) is 19.8. The van der Waals surface area contributed by atoms with Crippen LogP contribution in [0.4, 0.5) is 0 Å². The van der Waals surface area contributed by atoms with E-state index >= 15 is 0 Å². The highest BCUT2D eigenvalue weighted by molar-refractivity contribution is 6.76. The van der Waals surface area contributed by atoms with Gasteiger partial charge in [0, 0.05) is 38.4 Å². The zero-order chi connectivity index (χ0) is 23.3. The van der Waals surface area contributed by atoms with Crippen molar-refractivity contribution in [2.45, 2.75) is 39.0 Å². The quantitative estimate of drug-likeness (QED) is 0.235. The van der Waals surface area contributed by atoms with Crippen LogP contribution in [-0.4, -0.2) is 36.5 Å². The Bertz CT molecular complexity index is 1200. The van der Waals surface area contributed by atoms with Crippen LogP contribution in [0, 0.1) is 0 Å². The average Bonchev–Trinajstić information content (AvgIpc) is 3.25. The number of nitrogens with one attached hydrogen (secondary N) is 1. The summed E-state index contributed by atoms with van der Waals surface area (Å²) in [5, 5.41) is 8.61. The molecule has 0 aliphatic rings. The molecule has 0 saturated heterocycles. The van der Waals surface area contributed by atoms with Gasteiger partial charge < -0.3 is 14.8 Å². The minimum absolute atomic E-state index is 0.465. The van der Waals surface area contributed by atoms with E-state index in [1.165, 1.54) is 0 Å². The van der Waals surface area contributed by atoms with E-state index < -0.39 is 8.07 Å². The minimum Gasteiger partial charge on any atom is -0.457 e. The number of ether oxygens (including phenoxy) is 2. The van der Waals surface area contributed by atoms with Gasteiger partial charge in [-0.05, 0) is 67.7 Å². The number of nitrogens with zero attached hydrogens (tertiary/aromatic N) is 3. The molecular weight excluding hydrogens is 428 g/mol. The summed E-state index contributed by atoms with van der Waals surface area (Å²) < 4.78 is 13.9. The third kappa shape index (κ3) is 6.28. The maximum Gasteiger partial charge on any atom is 0.139 e. The fraction of sp³-hybridized carbons (Fsp3) is 0.308. The second-order valence-electron chi connectivity index (χ2n) is 9.38. The number of rotatable bonds is 10. The highest BCUT2D eigenvalue weighted by atomic mass is 28.3. The van der Waals surface area contributed by atoms with Crippen molar-refractivity contribution in [2.24, 2.45) is 0 Å². The SMILES string of the molecule is CNCc1ccc2cc(Oc3ccc(-c4ccnn4COCC[Si](C)(C)C)cc3)ccc2n1. The molecule has 33 heavy (non-hydrogen) atoms. The Kier molecular flexibility index (Phi) is 7.22. The van der Waals surface area contributed by atoms with Crippen molar-refractivity contribution >= 4 is 19.0 Å². The normalized spacial score (nSPS) is 11.8. The summed E-state index contributed by atoms with van der Waals surface area (Å²) in [5.74, 6) is 1.58. The minimum atomic E-state index is -1.09. The van der Waals surface area contributed by atoms with Crippen molar-refractivity contribution in [3.8, 4) is 22.8 Å². The number of aromatic nitrogens is 3. The van der Waals surface area contributed by atoms with E-state index in [4.69, 9.17) is 9.47 Å². The molecule has 0 fully saturated rings. The molecule has 0 spiro atoms. The van der Waals surface area contributed by atoms with Crippen LogP contribution in [0.1, 0.15) is 5.69 Å².